The molecule has 22 heteroatoms. The number of pyridine rings is 1. The molecule has 0 aliphatic carbocycles. The smallest absolute Gasteiger partial charge is 0.405 e. The van der Waals surface area contributed by atoms with Crippen molar-refractivity contribution in [3.05, 3.63) is 138 Å². The van der Waals surface area contributed by atoms with Crippen LogP contribution < -0.4 is 24.8 Å². The number of benzene rings is 2. The minimum atomic E-state index is -5.00. The average Bonchev–Trinajstić information content (AvgIpc) is 3.80. The number of aryl methyl sites for hydroxylation is 2. The number of para-hydroxylation sites is 2. The van der Waals surface area contributed by atoms with Crippen molar-refractivity contribution in [3.63, 3.8) is 0 Å². The van der Waals surface area contributed by atoms with Gasteiger partial charge < -0.3 is 20.1 Å². The van der Waals surface area contributed by atoms with Crippen LogP contribution in [0, 0.1) is 19.7 Å². The van der Waals surface area contributed by atoms with Gasteiger partial charge in [-0.25, -0.2) is 33.8 Å². The number of amides is 2. The van der Waals surface area contributed by atoms with Crippen molar-refractivity contribution in [1.82, 2.24) is 39.0 Å². The Hall–Kier alpha value is -8.04. The Morgan fingerprint density at radius 2 is 1.29 bits per heavy atom. The van der Waals surface area contributed by atoms with Gasteiger partial charge in [0.1, 0.15) is 22.8 Å². The quantitative estimate of drug-likeness (QED) is 0.105. The molecule has 8 rings (SSSR count). The molecule has 0 unspecified atom stereocenters. The van der Waals surface area contributed by atoms with Gasteiger partial charge in [0.05, 0.1) is 35.7 Å². The normalized spacial score (nSPS) is 11.8. The topological polar surface area (TPSA) is 167 Å². The molecular weight excluding hydrogens is 831 g/mol. The summed E-state index contributed by atoms with van der Waals surface area (Å²) < 4.78 is 106. The molecule has 0 bridgehead atoms. The number of hydrogen-bond donors (Lipinski definition) is 2. The van der Waals surface area contributed by atoms with Gasteiger partial charge in [-0.2, -0.15) is 5.10 Å². The molecule has 0 saturated carbocycles. The number of halogens is 7. The lowest BCUT2D eigenvalue weighted by Crippen LogP contribution is -2.40. The number of hydrogen-bond acceptors (Lipinski definition) is 10. The standard InChI is InChI=1S/C40H26F7N11O4/c1-21-15-28(41)34(48-16-21)55-38(60)27-20-56(58-14-12-30(53-36(27)58)25-8-4-6-10-32(25)62-40(45,46)47)19-23-17-49-33(22(2)51-23)54-37(59)26-18-50-57-13-11-29(52-35(26)57)24-7-3-5-9-31(24)61-39(42,43)44/h3-18,20H,19H2,1-2H3,(H-,48,49,54,55,59,60)/p+1. The van der Waals surface area contributed by atoms with Crippen molar-refractivity contribution in [3.8, 4) is 34.0 Å². The average molecular weight is 859 g/mol. The third-order valence-corrected chi connectivity index (χ3v) is 9.01. The maximum Gasteiger partial charge on any atom is 0.573 e. The first-order chi connectivity index (χ1) is 29.5. The van der Waals surface area contributed by atoms with Crippen molar-refractivity contribution in [2.24, 2.45) is 0 Å². The van der Waals surface area contributed by atoms with Crippen molar-refractivity contribution >= 4 is 34.7 Å². The molecule has 0 spiro atoms. The molecule has 2 N–H and O–H groups in total. The van der Waals surface area contributed by atoms with Crippen LogP contribution in [0.3, 0.4) is 0 Å². The molecule has 0 aliphatic rings. The van der Waals surface area contributed by atoms with Gasteiger partial charge in [-0.05, 0) is 61.9 Å². The van der Waals surface area contributed by atoms with Gasteiger partial charge in [0.15, 0.2) is 28.7 Å². The van der Waals surface area contributed by atoms with Crippen LogP contribution in [0.2, 0.25) is 0 Å². The Balaban J connectivity index is 1.08. The molecule has 0 radical (unpaired) electrons. The zero-order chi connectivity index (χ0) is 43.9. The van der Waals surface area contributed by atoms with Crippen molar-refractivity contribution < 1.29 is 54.5 Å². The fraction of sp³-hybridized carbons (Fsp3) is 0.125. The molecule has 2 aromatic carbocycles. The summed E-state index contributed by atoms with van der Waals surface area (Å²) in [5.74, 6) is -3.70. The zero-order valence-electron chi connectivity index (χ0n) is 31.8. The molecule has 62 heavy (non-hydrogen) atoms. The van der Waals surface area contributed by atoms with Gasteiger partial charge in [-0.3, -0.25) is 9.59 Å². The number of nitrogens with zero attached hydrogens (tertiary/aromatic N) is 9. The predicted octanol–water partition coefficient (Wildman–Crippen LogP) is 7.29. The molecule has 6 aromatic heterocycles. The van der Waals surface area contributed by atoms with Crippen LogP contribution in [0.25, 0.3) is 33.8 Å². The van der Waals surface area contributed by atoms with Crippen LogP contribution in [0.4, 0.5) is 42.4 Å². The van der Waals surface area contributed by atoms with Gasteiger partial charge in [0.2, 0.25) is 18.4 Å². The Labute approximate surface area is 343 Å². The van der Waals surface area contributed by atoms with Gasteiger partial charge in [-0.15, -0.1) is 35.5 Å². The van der Waals surface area contributed by atoms with E-state index in [-0.39, 0.29) is 68.8 Å². The third-order valence-electron chi connectivity index (χ3n) is 9.01. The van der Waals surface area contributed by atoms with Crippen molar-refractivity contribution in [2.75, 3.05) is 10.6 Å². The summed E-state index contributed by atoms with van der Waals surface area (Å²) >= 11 is 0. The summed E-state index contributed by atoms with van der Waals surface area (Å²) in [6.07, 6.45) is -1.79. The Morgan fingerprint density at radius 1 is 0.710 bits per heavy atom. The number of nitrogens with one attached hydrogen (secondary N) is 2. The second-order valence-electron chi connectivity index (χ2n) is 13.4. The second-order valence-corrected chi connectivity index (χ2v) is 13.4. The molecule has 0 saturated heterocycles. The second kappa shape index (κ2) is 15.9. The number of anilines is 2. The number of fused-ring (bicyclic) bond motifs is 2. The van der Waals surface area contributed by atoms with E-state index in [4.69, 9.17) is 0 Å². The number of carbonyl (C=O) groups excluding carboxylic acids is 2. The molecule has 0 aliphatic heterocycles. The molecule has 314 valence electrons. The molecule has 8 aromatic rings. The Kier molecular flexibility index (Phi) is 10.4. The lowest BCUT2D eigenvalue weighted by molar-refractivity contribution is -0.753. The minimum absolute atomic E-state index is 0.0185. The Bertz CT molecular complexity index is 3040. The third kappa shape index (κ3) is 8.64. The first-order valence-electron chi connectivity index (χ1n) is 18.0. The minimum Gasteiger partial charge on any atom is -0.405 e. The maximum absolute atomic E-state index is 14.7. The number of carbonyl (C=O) groups is 2. The van der Waals surface area contributed by atoms with Gasteiger partial charge in [0, 0.05) is 23.5 Å². The number of ether oxygens (including phenoxy) is 2. The van der Waals surface area contributed by atoms with Crippen LogP contribution in [0.15, 0.2) is 104 Å². The van der Waals surface area contributed by atoms with E-state index in [1.807, 2.05) is 0 Å². The van der Waals surface area contributed by atoms with E-state index >= 15 is 0 Å². The van der Waals surface area contributed by atoms with Crippen LogP contribution in [-0.2, 0) is 6.54 Å². The monoisotopic (exact) mass is 858 g/mol. The van der Waals surface area contributed by atoms with E-state index in [1.165, 1.54) is 105 Å². The van der Waals surface area contributed by atoms with Crippen molar-refractivity contribution in [1.29, 1.82) is 0 Å². The predicted molar refractivity (Wildman–Crippen MR) is 203 cm³/mol. The highest BCUT2D eigenvalue weighted by Crippen LogP contribution is 2.35. The molecule has 0 fully saturated rings. The first kappa shape index (κ1) is 40.7. The molecule has 15 nitrogen and oxygen atoms in total. The van der Waals surface area contributed by atoms with E-state index in [2.05, 4.69) is 50.1 Å². The summed E-state index contributed by atoms with van der Waals surface area (Å²) in [6.45, 7) is 3.11. The molecular formula is C40H27F7N11O4+. The lowest BCUT2D eigenvalue weighted by atomic mass is 10.1. The highest BCUT2D eigenvalue weighted by atomic mass is 19.4. The summed E-state index contributed by atoms with van der Waals surface area (Å²) in [5.41, 5.74) is 0.999. The van der Waals surface area contributed by atoms with E-state index in [0.717, 1.165) is 12.1 Å². The fourth-order valence-corrected chi connectivity index (χ4v) is 6.34. The summed E-state index contributed by atoms with van der Waals surface area (Å²) in [4.78, 5) is 49.0. The van der Waals surface area contributed by atoms with Crippen molar-refractivity contribution in [2.45, 2.75) is 33.1 Å². The molecule has 6 heterocycles. The van der Waals surface area contributed by atoms with Crippen LogP contribution >= 0.6 is 0 Å². The summed E-state index contributed by atoms with van der Waals surface area (Å²) in [5, 5.41) is 9.19. The highest BCUT2D eigenvalue weighted by Gasteiger charge is 2.34. The highest BCUT2D eigenvalue weighted by molar-refractivity contribution is 6.08. The van der Waals surface area contributed by atoms with Gasteiger partial charge in [-0.1, -0.05) is 24.3 Å². The lowest BCUT2D eigenvalue weighted by Gasteiger charge is -2.13. The van der Waals surface area contributed by atoms with Crippen LogP contribution in [-0.4, -0.2) is 63.6 Å². The van der Waals surface area contributed by atoms with Crippen LogP contribution in [0.5, 0.6) is 11.5 Å². The largest absolute Gasteiger partial charge is 0.573 e. The molecule has 2 amide bonds. The van der Waals surface area contributed by atoms with E-state index in [9.17, 15) is 40.3 Å². The van der Waals surface area contributed by atoms with Gasteiger partial charge >= 0.3 is 12.7 Å². The van der Waals surface area contributed by atoms with E-state index in [1.54, 1.807) is 13.8 Å². The van der Waals surface area contributed by atoms with Gasteiger partial charge in [0.25, 0.3) is 11.8 Å². The summed E-state index contributed by atoms with van der Waals surface area (Å²) in [6, 6.07) is 14.7. The maximum atomic E-state index is 14.7. The summed E-state index contributed by atoms with van der Waals surface area (Å²) in [7, 11) is 0. The number of rotatable bonds is 10. The SMILES string of the molecule is Cc1cnc(NC(=O)c2c[n+](Cc3cnc(NC(=O)c4cnn5ccc(-c6ccccc6OC(F)(F)F)nc45)c(C)n3)n3ccc(-c4ccccc4OC(F)(F)F)nc23)c(F)c1. The van der Waals surface area contributed by atoms with E-state index < -0.39 is 41.9 Å². The zero-order valence-corrected chi connectivity index (χ0v) is 31.8. The fourth-order valence-electron chi connectivity index (χ4n) is 6.34. The Morgan fingerprint density at radius 3 is 1.92 bits per heavy atom. The number of alkyl halides is 6. The molecule has 0 atom stereocenters. The number of aromatic nitrogens is 9. The first-order valence-corrected chi connectivity index (χ1v) is 18.0. The van der Waals surface area contributed by atoms with Crippen LogP contribution in [0.1, 0.15) is 37.7 Å². The van der Waals surface area contributed by atoms with E-state index in [0.29, 0.717) is 11.3 Å².